The van der Waals surface area contributed by atoms with Crippen molar-refractivity contribution in [3.63, 3.8) is 0 Å². The zero-order valence-electron chi connectivity index (χ0n) is 14.0. The van der Waals surface area contributed by atoms with Crippen molar-refractivity contribution in [3.05, 3.63) is 41.2 Å². The third-order valence-electron chi connectivity index (χ3n) is 3.42. The number of carbonyl (C=O) groups excluding carboxylic acids is 2. The number of methoxy groups -OCH3 is 1. The van der Waals surface area contributed by atoms with Gasteiger partial charge in [-0.3, -0.25) is 9.59 Å². The number of nitrogens with one attached hydrogen (secondary N) is 1. The van der Waals surface area contributed by atoms with Gasteiger partial charge in [0.15, 0.2) is 5.57 Å². The maximum atomic E-state index is 12.1. The summed E-state index contributed by atoms with van der Waals surface area (Å²) in [5.74, 6) is 1.08. The van der Waals surface area contributed by atoms with Crippen molar-refractivity contribution in [1.29, 1.82) is 5.26 Å². The van der Waals surface area contributed by atoms with Gasteiger partial charge in [-0.25, -0.2) is 0 Å². The number of terminal acetylenes is 1. The Hall–Kier alpha value is -3.25. The van der Waals surface area contributed by atoms with Crippen LogP contribution in [0.25, 0.3) is 0 Å². The first kappa shape index (κ1) is 19.8. The summed E-state index contributed by atoms with van der Waals surface area (Å²) in [7, 11) is 1.36. The first-order valence-corrected chi connectivity index (χ1v) is 7.74. The minimum atomic E-state index is -0.685. The van der Waals surface area contributed by atoms with Crippen LogP contribution in [-0.4, -0.2) is 24.1 Å². The number of esters is 1. The number of benzene rings is 1. The molecule has 0 spiro atoms. The summed E-state index contributed by atoms with van der Waals surface area (Å²) in [4.78, 5) is 23.1. The third kappa shape index (κ3) is 6.80. The van der Waals surface area contributed by atoms with Crippen LogP contribution in [0.2, 0.25) is 0 Å². The second-order valence-corrected chi connectivity index (χ2v) is 5.22. The minimum absolute atomic E-state index is 0.0753. The van der Waals surface area contributed by atoms with Gasteiger partial charge in [0.2, 0.25) is 0 Å². The molecule has 130 valence electrons. The second kappa shape index (κ2) is 10.5. The van der Waals surface area contributed by atoms with Gasteiger partial charge in [0.1, 0.15) is 11.8 Å². The summed E-state index contributed by atoms with van der Waals surface area (Å²) in [6.45, 7) is 0. The topological polar surface area (TPSA) is 99.4 Å². The number of aryl methyl sites for hydroxylation is 1. The molecule has 1 aromatic rings. The van der Waals surface area contributed by atoms with Gasteiger partial charge in [-0.15, -0.1) is 12.3 Å². The van der Waals surface area contributed by atoms with Crippen LogP contribution >= 0.6 is 0 Å². The van der Waals surface area contributed by atoms with Gasteiger partial charge in [0.05, 0.1) is 7.11 Å². The molecule has 0 aliphatic rings. The molecule has 0 saturated carbocycles. The second-order valence-electron chi connectivity index (χ2n) is 5.22. The lowest BCUT2D eigenvalue weighted by Gasteiger charge is -2.07. The van der Waals surface area contributed by atoms with Crippen LogP contribution in [-0.2, 0) is 20.7 Å². The summed E-state index contributed by atoms with van der Waals surface area (Å²) in [6.07, 6.45) is 7.14. The molecule has 1 aromatic carbocycles. The highest BCUT2D eigenvalue weighted by atomic mass is 16.5. The van der Waals surface area contributed by atoms with Gasteiger partial charge in [0, 0.05) is 24.9 Å². The van der Waals surface area contributed by atoms with E-state index in [1.54, 1.807) is 18.2 Å². The van der Waals surface area contributed by atoms with Crippen LogP contribution in [0.15, 0.2) is 35.6 Å². The van der Waals surface area contributed by atoms with Gasteiger partial charge >= 0.3 is 5.97 Å². The molecule has 0 unspecified atom stereocenters. The number of nitrogens with zero attached hydrogens (tertiary/aromatic N) is 1. The fraction of sp³-hybridized carbons (Fsp3) is 0.316. The number of nitriles is 1. The Morgan fingerprint density at radius 3 is 2.52 bits per heavy atom. The fourth-order valence-electron chi connectivity index (χ4n) is 2.05. The molecule has 2 N–H and O–H groups in total. The van der Waals surface area contributed by atoms with Gasteiger partial charge in [-0.05, 0) is 30.5 Å². The highest BCUT2D eigenvalue weighted by Crippen LogP contribution is 2.15. The summed E-state index contributed by atoms with van der Waals surface area (Å²) >= 11 is 0. The molecule has 1 amide bonds. The van der Waals surface area contributed by atoms with Crippen LogP contribution in [0.5, 0.6) is 0 Å². The molecule has 0 heterocycles. The van der Waals surface area contributed by atoms with Crippen LogP contribution in [0.3, 0.4) is 0 Å². The monoisotopic (exact) mass is 340 g/mol. The molecule has 25 heavy (non-hydrogen) atoms. The van der Waals surface area contributed by atoms with Crippen molar-refractivity contribution in [2.24, 2.45) is 0 Å². The van der Waals surface area contributed by atoms with Crippen molar-refractivity contribution in [3.8, 4) is 18.4 Å². The summed E-state index contributed by atoms with van der Waals surface area (Å²) in [5, 5.41) is 21.3. The van der Waals surface area contributed by atoms with Gasteiger partial charge in [-0.2, -0.15) is 5.26 Å². The van der Waals surface area contributed by atoms with Crippen molar-refractivity contribution >= 4 is 17.6 Å². The highest BCUT2D eigenvalue weighted by Gasteiger charge is 2.15. The average molecular weight is 340 g/mol. The van der Waals surface area contributed by atoms with Gasteiger partial charge in [-0.1, -0.05) is 12.1 Å². The smallest absolute Gasteiger partial charge is 0.305 e. The predicted octanol–water partition coefficient (Wildman–Crippen LogP) is 2.87. The number of allylic oxidation sites excluding steroid dienone is 1. The van der Waals surface area contributed by atoms with E-state index in [2.05, 4.69) is 16.0 Å². The largest absolute Gasteiger partial charge is 0.511 e. The molecule has 0 saturated heterocycles. The lowest BCUT2D eigenvalue weighted by atomic mass is 10.1. The van der Waals surface area contributed by atoms with E-state index < -0.39 is 5.91 Å². The van der Waals surface area contributed by atoms with Gasteiger partial charge < -0.3 is 15.2 Å². The Labute approximate surface area is 147 Å². The number of anilines is 1. The predicted molar refractivity (Wildman–Crippen MR) is 93.4 cm³/mol. The first-order chi connectivity index (χ1) is 12.0. The molecule has 0 bridgehead atoms. The van der Waals surface area contributed by atoms with E-state index in [0.29, 0.717) is 24.9 Å². The van der Waals surface area contributed by atoms with E-state index in [-0.39, 0.29) is 30.1 Å². The number of amides is 1. The maximum absolute atomic E-state index is 12.1. The van der Waals surface area contributed by atoms with E-state index in [4.69, 9.17) is 11.7 Å². The Balaban J connectivity index is 2.65. The van der Waals surface area contributed by atoms with Crippen molar-refractivity contribution in [2.75, 3.05) is 12.4 Å². The van der Waals surface area contributed by atoms with Crippen molar-refractivity contribution in [1.82, 2.24) is 0 Å². The number of carbonyl (C=O) groups is 2. The lowest BCUT2D eigenvalue weighted by Crippen LogP contribution is -2.15. The van der Waals surface area contributed by atoms with Crippen LogP contribution in [0, 0.1) is 23.7 Å². The van der Waals surface area contributed by atoms with Crippen LogP contribution < -0.4 is 5.32 Å². The van der Waals surface area contributed by atoms with E-state index in [1.807, 2.05) is 12.1 Å². The zero-order valence-corrected chi connectivity index (χ0v) is 14.0. The molecule has 6 nitrogen and oxygen atoms in total. The standard InChI is InChI=1S/C19H20N2O4/c1-3-4-7-17(22)16(13-20)19(24)21-15-11-9-14(10-12-15)6-5-8-18(23)25-2/h1,9-12,22H,4-8H2,2H3,(H,21,24)/b17-16-. The number of hydrogen-bond donors (Lipinski definition) is 2. The molecular formula is C19H20N2O4. The summed E-state index contributed by atoms with van der Waals surface area (Å²) in [6, 6.07) is 8.72. The van der Waals surface area contributed by atoms with Crippen LogP contribution in [0.1, 0.15) is 31.2 Å². The molecule has 0 aliphatic carbocycles. The SMILES string of the molecule is C#CCC/C(O)=C(\C#N)C(=O)Nc1ccc(CCCC(=O)OC)cc1. The van der Waals surface area contributed by atoms with Crippen molar-refractivity contribution < 1.29 is 19.4 Å². The molecule has 0 radical (unpaired) electrons. The quantitative estimate of drug-likeness (QED) is 0.249. The normalized spacial score (nSPS) is 10.8. The van der Waals surface area contributed by atoms with Gasteiger partial charge in [0.25, 0.3) is 5.91 Å². The summed E-state index contributed by atoms with van der Waals surface area (Å²) in [5.41, 5.74) is 1.16. The maximum Gasteiger partial charge on any atom is 0.305 e. The van der Waals surface area contributed by atoms with E-state index in [1.165, 1.54) is 7.11 Å². The molecule has 0 atom stereocenters. The molecule has 6 heteroatoms. The number of aliphatic hydroxyl groups excluding tert-OH is 1. The number of rotatable bonds is 8. The Morgan fingerprint density at radius 1 is 1.28 bits per heavy atom. The van der Waals surface area contributed by atoms with Crippen LogP contribution in [0.4, 0.5) is 5.69 Å². The Morgan fingerprint density at radius 2 is 1.96 bits per heavy atom. The van der Waals surface area contributed by atoms with Crippen molar-refractivity contribution in [2.45, 2.75) is 32.1 Å². The zero-order chi connectivity index (χ0) is 18.7. The average Bonchev–Trinajstić information content (AvgIpc) is 2.61. The summed E-state index contributed by atoms with van der Waals surface area (Å²) < 4.78 is 4.58. The fourth-order valence-corrected chi connectivity index (χ4v) is 2.05. The molecule has 1 rings (SSSR count). The molecule has 0 aromatic heterocycles. The Bertz CT molecular complexity index is 721. The Kier molecular flexibility index (Phi) is 8.32. The third-order valence-corrected chi connectivity index (χ3v) is 3.42. The van der Waals surface area contributed by atoms with E-state index >= 15 is 0 Å². The number of hydrogen-bond acceptors (Lipinski definition) is 5. The molecule has 0 fully saturated rings. The van der Waals surface area contributed by atoms with E-state index in [9.17, 15) is 14.7 Å². The highest BCUT2D eigenvalue weighted by molar-refractivity contribution is 6.06. The number of ether oxygens (including phenoxy) is 1. The first-order valence-electron chi connectivity index (χ1n) is 7.74. The number of aliphatic hydroxyl groups is 1. The minimum Gasteiger partial charge on any atom is -0.511 e. The molecule has 0 aliphatic heterocycles. The van der Waals surface area contributed by atoms with E-state index in [0.717, 1.165) is 5.56 Å². The lowest BCUT2D eigenvalue weighted by molar-refractivity contribution is -0.140. The molecular weight excluding hydrogens is 320 g/mol.